The number of carbonyl (C=O) groups is 1. The quantitative estimate of drug-likeness (QED) is 0.595. The van der Waals surface area contributed by atoms with Gasteiger partial charge in [-0.3, -0.25) is 4.79 Å². The van der Waals surface area contributed by atoms with Crippen molar-refractivity contribution in [1.29, 1.82) is 0 Å². The largest absolute Gasteiger partial charge is 0.454 e. The molecule has 0 aliphatic heterocycles. The van der Waals surface area contributed by atoms with Gasteiger partial charge in [-0.2, -0.15) is 22.9 Å². The Labute approximate surface area is 181 Å². The Morgan fingerprint density at radius 1 is 1.06 bits per heavy atom. The van der Waals surface area contributed by atoms with Crippen LogP contribution in [-0.4, -0.2) is 42.9 Å². The van der Waals surface area contributed by atoms with Gasteiger partial charge in [-0.25, -0.2) is 13.5 Å². The minimum Gasteiger partial charge on any atom is -0.454 e. The highest BCUT2D eigenvalue weighted by Gasteiger charge is 2.23. The molecular formula is C19H15ClF2N4O4S. The van der Waals surface area contributed by atoms with E-state index in [0.717, 1.165) is 0 Å². The third-order valence-corrected chi connectivity index (χ3v) is 5.67. The van der Waals surface area contributed by atoms with E-state index in [1.54, 1.807) is 16.9 Å². The van der Waals surface area contributed by atoms with Crippen LogP contribution in [0.1, 0.15) is 10.4 Å². The lowest BCUT2D eigenvalue weighted by Crippen LogP contribution is -2.39. The number of hydrogen-bond acceptors (Lipinski definition) is 6. The van der Waals surface area contributed by atoms with Crippen LogP contribution in [0.2, 0.25) is 5.02 Å². The van der Waals surface area contributed by atoms with Crippen LogP contribution in [0.25, 0.3) is 11.1 Å². The Balaban J connectivity index is 1.95. The van der Waals surface area contributed by atoms with Crippen molar-refractivity contribution >= 4 is 27.7 Å². The lowest BCUT2D eigenvalue weighted by Gasteiger charge is -2.14. The molecule has 8 nitrogen and oxygen atoms in total. The van der Waals surface area contributed by atoms with Crippen molar-refractivity contribution in [3.8, 4) is 22.6 Å². The van der Waals surface area contributed by atoms with E-state index in [0.29, 0.717) is 32.6 Å². The average molecular weight is 469 g/mol. The number of benzene rings is 2. The van der Waals surface area contributed by atoms with Gasteiger partial charge in [0.1, 0.15) is 11.6 Å². The minimum absolute atomic E-state index is 0.142. The molecule has 0 fully saturated rings. The van der Waals surface area contributed by atoms with Gasteiger partial charge < -0.3 is 4.74 Å². The number of aromatic nitrogens is 2. The first-order valence-electron chi connectivity index (χ1n) is 8.56. The zero-order valence-corrected chi connectivity index (χ0v) is 17.7. The zero-order chi connectivity index (χ0) is 22.8. The minimum atomic E-state index is -4.18. The molecule has 0 radical (unpaired) electrons. The van der Waals surface area contributed by atoms with Crippen molar-refractivity contribution in [1.82, 2.24) is 19.2 Å². The molecule has 162 valence electrons. The van der Waals surface area contributed by atoms with Crippen molar-refractivity contribution < 1.29 is 26.7 Å². The average Bonchev–Trinajstić information content (AvgIpc) is 2.71. The van der Waals surface area contributed by atoms with Crippen LogP contribution in [0.3, 0.4) is 0 Å². The lowest BCUT2D eigenvalue weighted by molar-refractivity contribution is 0.0975. The number of nitrogens with zero attached hydrogens (tertiary/aromatic N) is 3. The molecule has 0 aliphatic rings. The topological polar surface area (TPSA) is 101 Å². The van der Waals surface area contributed by atoms with Gasteiger partial charge in [0.05, 0.1) is 18.0 Å². The molecule has 0 saturated heterocycles. The molecule has 31 heavy (non-hydrogen) atoms. The second-order valence-electron chi connectivity index (χ2n) is 6.35. The van der Waals surface area contributed by atoms with Crippen molar-refractivity contribution in [2.45, 2.75) is 0 Å². The summed E-state index contributed by atoms with van der Waals surface area (Å²) in [4.78, 5) is 12.1. The molecular weight excluding hydrogens is 454 g/mol. The van der Waals surface area contributed by atoms with Crippen molar-refractivity contribution in [3.05, 3.63) is 71.0 Å². The number of amides is 1. The van der Waals surface area contributed by atoms with E-state index in [4.69, 9.17) is 16.3 Å². The van der Waals surface area contributed by atoms with E-state index >= 15 is 0 Å². The molecule has 0 saturated carbocycles. The second-order valence-corrected chi connectivity index (χ2v) is 8.68. The highest BCUT2D eigenvalue weighted by atomic mass is 35.5. The number of ether oxygens (including phenoxy) is 1. The van der Waals surface area contributed by atoms with Crippen LogP contribution in [0, 0.1) is 11.6 Å². The maximum absolute atomic E-state index is 14.6. The summed E-state index contributed by atoms with van der Waals surface area (Å²) in [6, 6.07) is 7.33. The molecule has 12 heteroatoms. The first-order chi connectivity index (χ1) is 14.6. The van der Waals surface area contributed by atoms with E-state index < -0.39 is 39.1 Å². The normalized spacial score (nSPS) is 11.4. The van der Waals surface area contributed by atoms with E-state index in [9.17, 15) is 22.0 Å². The molecule has 1 heterocycles. The predicted molar refractivity (Wildman–Crippen MR) is 109 cm³/mol. The second kappa shape index (κ2) is 8.92. The van der Waals surface area contributed by atoms with Crippen LogP contribution < -0.4 is 9.46 Å². The van der Waals surface area contributed by atoms with E-state index in [1.165, 1.54) is 38.6 Å². The fraction of sp³-hybridized carbons (Fsp3) is 0.105. The van der Waals surface area contributed by atoms with Gasteiger partial charge >= 0.3 is 10.2 Å². The molecule has 0 bridgehead atoms. The highest BCUT2D eigenvalue weighted by molar-refractivity contribution is 7.87. The Hall–Kier alpha value is -3.15. The summed E-state index contributed by atoms with van der Waals surface area (Å²) >= 11 is 6.03. The number of rotatable bonds is 6. The van der Waals surface area contributed by atoms with Crippen LogP contribution in [0.15, 0.2) is 48.8 Å². The zero-order valence-electron chi connectivity index (χ0n) is 16.1. The first-order valence-corrected chi connectivity index (χ1v) is 10.4. The molecule has 1 amide bonds. The Morgan fingerprint density at radius 3 is 2.45 bits per heavy atom. The van der Waals surface area contributed by atoms with Gasteiger partial charge in [0, 0.05) is 36.3 Å². The summed E-state index contributed by atoms with van der Waals surface area (Å²) in [7, 11) is -1.84. The highest BCUT2D eigenvalue weighted by Crippen LogP contribution is 2.36. The SMILES string of the molecule is CN(C)S(=O)(=O)NC(=O)c1cc(F)c(Oc2ccc(Cl)cc2-c2ccnnc2)cc1F. The van der Waals surface area contributed by atoms with Crippen molar-refractivity contribution in [2.75, 3.05) is 14.1 Å². The van der Waals surface area contributed by atoms with Gasteiger partial charge in [-0.05, 0) is 30.3 Å². The number of hydrogen-bond donors (Lipinski definition) is 1. The Bertz CT molecular complexity index is 1240. The molecule has 0 unspecified atom stereocenters. The Kier molecular flexibility index (Phi) is 6.48. The maximum Gasteiger partial charge on any atom is 0.303 e. The summed E-state index contributed by atoms with van der Waals surface area (Å²) in [6.45, 7) is 0. The van der Waals surface area contributed by atoms with Crippen LogP contribution in [-0.2, 0) is 10.2 Å². The third-order valence-electron chi connectivity index (χ3n) is 4.03. The fourth-order valence-electron chi connectivity index (χ4n) is 2.43. The number of nitrogens with one attached hydrogen (secondary N) is 1. The molecule has 1 aromatic heterocycles. The number of carbonyl (C=O) groups excluding carboxylic acids is 1. The first kappa shape index (κ1) is 22.5. The standard InChI is InChI=1S/C19H15ClF2N4O4S/c1-26(2)31(28,29)25-19(27)14-8-16(22)18(9-15(14)21)30-17-4-3-12(20)7-13(17)11-5-6-23-24-10-11/h3-10H,1-2H3,(H,25,27). The monoisotopic (exact) mass is 468 g/mol. The van der Waals surface area contributed by atoms with E-state index in [2.05, 4.69) is 10.2 Å². The number of halogens is 3. The summed E-state index contributed by atoms with van der Waals surface area (Å²) in [6.07, 6.45) is 2.88. The summed E-state index contributed by atoms with van der Waals surface area (Å²) in [5.74, 6) is -3.96. The molecule has 0 aliphatic carbocycles. The molecule has 0 spiro atoms. The van der Waals surface area contributed by atoms with E-state index in [-0.39, 0.29) is 5.75 Å². The summed E-state index contributed by atoms with van der Waals surface area (Å²) < 4.78 is 60.5. The molecule has 2 aromatic carbocycles. The lowest BCUT2D eigenvalue weighted by atomic mass is 10.1. The summed E-state index contributed by atoms with van der Waals surface area (Å²) in [5.41, 5.74) is 0.212. The molecule has 1 N–H and O–H groups in total. The predicted octanol–water partition coefficient (Wildman–Crippen LogP) is 3.40. The molecule has 3 rings (SSSR count). The molecule has 0 atom stereocenters. The van der Waals surface area contributed by atoms with Gasteiger partial charge in [0.25, 0.3) is 5.91 Å². The van der Waals surface area contributed by atoms with Gasteiger partial charge in [0.2, 0.25) is 0 Å². The fourth-order valence-corrected chi connectivity index (χ4v) is 3.13. The van der Waals surface area contributed by atoms with E-state index in [1.807, 2.05) is 0 Å². The Morgan fingerprint density at radius 2 is 1.81 bits per heavy atom. The van der Waals surface area contributed by atoms with Crippen LogP contribution >= 0.6 is 11.6 Å². The van der Waals surface area contributed by atoms with Gasteiger partial charge in [-0.15, -0.1) is 0 Å². The maximum atomic E-state index is 14.6. The van der Waals surface area contributed by atoms with Gasteiger partial charge in [-0.1, -0.05) is 11.6 Å². The summed E-state index contributed by atoms with van der Waals surface area (Å²) in [5, 5.41) is 7.82. The van der Waals surface area contributed by atoms with Crippen molar-refractivity contribution in [2.24, 2.45) is 0 Å². The van der Waals surface area contributed by atoms with Crippen molar-refractivity contribution in [3.63, 3.8) is 0 Å². The van der Waals surface area contributed by atoms with Crippen LogP contribution in [0.5, 0.6) is 11.5 Å². The smallest absolute Gasteiger partial charge is 0.303 e. The van der Waals surface area contributed by atoms with Crippen LogP contribution in [0.4, 0.5) is 8.78 Å². The molecule has 3 aromatic rings. The van der Waals surface area contributed by atoms with Gasteiger partial charge in [0.15, 0.2) is 11.6 Å². The third kappa shape index (κ3) is 5.13.